The molecule has 29 heavy (non-hydrogen) atoms. The number of carbonyl (C=O) groups excluding carboxylic acids is 2. The topological polar surface area (TPSA) is 71.3 Å². The van der Waals surface area contributed by atoms with Gasteiger partial charge in [0, 0.05) is 34.1 Å². The first-order valence-corrected chi connectivity index (χ1v) is 10.6. The molecule has 2 amide bonds. The van der Waals surface area contributed by atoms with E-state index in [0.29, 0.717) is 6.54 Å². The summed E-state index contributed by atoms with van der Waals surface area (Å²) in [7, 11) is 0. The van der Waals surface area contributed by atoms with E-state index in [0.717, 1.165) is 45.1 Å². The summed E-state index contributed by atoms with van der Waals surface area (Å²) in [6.45, 7) is 2.23. The number of amides is 2. The van der Waals surface area contributed by atoms with E-state index >= 15 is 0 Å². The maximum atomic E-state index is 12.3. The smallest absolute Gasteiger partial charge is 0.226 e. The highest BCUT2D eigenvalue weighted by Gasteiger charge is 2.16. The molecule has 1 aromatic heterocycles. The summed E-state index contributed by atoms with van der Waals surface area (Å²) in [4.78, 5) is 24.5. The Kier molecular flexibility index (Phi) is 5.72. The fraction of sp³-hybridized carbons (Fsp3) is 0.304. The van der Waals surface area contributed by atoms with Gasteiger partial charge in [-0.15, -0.1) is 0 Å². The molecule has 1 aliphatic carbocycles. The Bertz CT molecular complexity index is 1090. The SMILES string of the molecule is Cc1ccc(Br)cc1NC(=O)CCNC(=O)Cc1coc2cc3c(cc12)CCC3. The van der Waals surface area contributed by atoms with E-state index in [1.807, 2.05) is 25.1 Å². The average Bonchev–Trinajstić information content (AvgIpc) is 3.29. The van der Waals surface area contributed by atoms with Crippen molar-refractivity contribution in [1.29, 1.82) is 0 Å². The second-order valence-corrected chi connectivity index (χ2v) is 8.43. The van der Waals surface area contributed by atoms with Crippen LogP contribution in [0.4, 0.5) is 5.69 Å². The Labute approximate surface area is 178 Å². The minimum absolute atomic E-state index is 0.111. The van der Waals surface area contributed by atoms with Crippen molar-refractivity contribution >= 4 is 44.4 Å². The first-order valence-electron chi connectivity index (χ1n) is 9.84. The Morgan fingerprint density at radius 2 is 1.90 bits per heavy atom. The van der Waals surface area contributed by atoms with Crippen molar-refractivity contribution in [2.45, 2.75) is 39.0 Å². The van der Waals surface area contributed by atoms with Gasteiger partial charge in [-0.1, -0.05) is 22.0 Å². The Hall–Kier alpha value is -2.60. The number of rotatable bonds is 6. The van der Waals surface area contributed by atoms with Crippen LogP contribution in [0.1, 0.15) is 35.1 Å². The normalized spacial score (nSPS) is 12.8. The molecule has 0 atom stereocenters. The van der Waals surface area contributed by atoms with Crippen LogP contribution in [0, 0.1) is 6.92 Å². The minimum atomic E-state index is -0.129. The number of fused-ring (bicyclic) bond motifs is 2. The van der Waals surface area contributed by atoms with E-state index in [4.69, 9.17) is 4.42 Å². The quantitative estimate of drug-likeness (QED) is 0.567. The fourth-order valence-corrected chi connectivity index (χ4v) is 4.14. The van der Waals surface area contributed by atoms with Crippen LogP contribution in [0.15, 0.2) is 45.5 Å². The van der Waals surface area contributed by atoms with Gasteiger partial charge in [-0.2, -0.15) is 0 Å². The van der Waals surface area contributed by atoms with Crippen LogP contribution in [0.2, 0.25) is 0 Å². The summed E-state index contributed by atoms with van der Waals surface area (Å²) < 4.78 is 6.56. The molecule has 0 saturated heterocycles. The van der Waals surface area contributed by atoms with E-state index in [2.05, 4.69) is 38.7 Å². The van der Waals surface area contributed by atoms with Crippen molar-refractivity contribution in [2.24, 2.45) is 0 Å². The molecule has 6 heteroatoms. The Balaban J connectivity index is 1.30. The number of hydrogen-bond donors (Lipinski definition) is 2. The van der Waals surface area contributed by atoms with E-state index in [1.165, 1.54) is 17.5 Å². The van der Waals surface area contributed by atoms with Crippen LogP contribution >= 0.6 is 15.9 Å². The summed E-state index contributed by atoms with van der Waals surface area (Å²) in [5.74, 6) is -0.240. The number of hydrogen-bond acceptors (Lipinski definition) is 3. The molecule has 0 aliphatic heterocycles. The summed E-state index contributed by atoms with van der Waals surface area (Å²) >= 11 is 3.40. The highest BCUT2D eigenvalue weighted by Crippen LogP contribution is 2.30. The number of aryl methyl sites for hydroxylation is 3. The van der Waals surface area contributed by atoms with Gasteiger partial charge in [-0.25, -0.2) is 0 Å². The van der Waals surface area contributed by atoms with Gasteiger partial charge in [-0.3, -0.25) is 9.59 Å². The number of carbonyl (C=O) groups is 2. The van der Waals surface area contributed by atoms with Crippen LogP contribution in [0.5, 0.6) is 0 Å². The summed E-state index contributed by atoms with van der Waals surface area (Å²) in [5.41, 5.74) is 6.21. The molecule has 3 aromatic rings. The lowest BCUT2D eigenvalue weighted by Gasteiger charge is -2.09. The van der Waals surface area contributed by atoms with Crippen LogP contribution in [0.3, 0.4) is 0 Å². The predicted octanol–water partition coefficient (Wildman–Crippen LogP) is 4.68. The monoisotopic (exact) mass is 454 g/mol. The second-order valence-electron chi connectivity index (χ2n) is 7.52. The average molecular weight is 455 g/mol. The van der Waals surface area contributed by atoms with Gasteiger partial charge in [0.2, 0.25) is 11.8 Å². The van der Waals surface area contributed by atoms with Crippen molar-refractivity contribution in [2.75, 3.05) is 11.9 Å². The zero-order valence-corrected chi connectivity index (χ0v) is 17.9. The molecule has 0 saturated carbocycles. The molecule has 4 rings (SSSR count). The zero-order chi connectivity index (χ0) is 20.4. The number of benzene rings is 2. The van der Waals surface area contributed by atoms with Crippen LogP contribution in [0.25, 0.3) is 11.0 Å². The number of anilines is 1. The number of furan rings is 1. The van der Waals surface area contributed by atoms with Gasteiger partial charge >= 0.3 is 0 Å². The highest BCUT2D eigenvalue weighted by atomic mass is 79.9. The van der Waals surface area contributed by atoms with E-state index in [9.17, 15) is 9.59 Å². The van der Waals surface area contributed by atoms with Crippen molar-refractivity contribution in [3.8, 4) is 0 Å². The Morgan fingerprint density at radius 1 is 1.10 bits per heavy atom. The molecule has 1 aliphatic rings. The maximum absolute atomic E-state index is 12.3. The first-order chi connectivity index (χ1) is 14.0. The van der Waals surface area contributed by atoms with Gasteiger partial charge in [0.05, 0.1) is 12.7 Å². The van der Waals surface area contributed by atoms with Gasteiger partial charge in [-0.05, 0) is 67.1 Å². The van der Waals surface area contributed by atoms with Gasteiger partial charge in [0.25, 0.3) is 0 Å². The number of halogens is 1. The Morgan fingerprint density at radius 3 is 2.72 bits per heavy atom. The van der Waals surface area contributed by atoms with Crippen molar-refractivity contribution in [3.05, 3.63) is 63.3 Å². The standard InChI is InChI=1S/C23H23BrN2O3/c1-14-5-6-18(24)12-20(14)26-22(27)7-8-25-23(28)11-17-13-29-21-10-16-4-2-3-15(16)9-19(17)21/h5-6,9-10,12-13H,2-4,7-8,11H2,1H3,(H,25,28)(H,26,27). The highest BCUT2D eigenvalue weighted by molar-refractivity contribution is 9.10. The minimum Gasteiger partial charge on any atom is -0.464 e. The van der Waals surface area contributed by atoms with E-state index < -0.39 is 0 Å². The summed E-state index contributed by atoms with van der Waals surface area (Å²) in [5, 5.41) is 6.73. The first kappa shape index (κ1) is 19.7. The third kappa shape index (κ3) is 4.53. The lowest BCUT2D eigenvalue weighted by Crippen LogP contribution is -2.28. The van der Waals surface area contributed by atoms with Crippen LogP contribution < -0.4 is 10.6 Å². The van der Waals surface area contributed by atoms with Crippen LogP contribution in [-0.4, -0.2) is 18.4 Å². The third-order valence-corrected chi connectivity index (χ3v) is 5.86. The molecule has 2 N–H and O–H groups in total. The molecular weight excluding hydrogens is 432 g/mol. The van der Waals surface area contributed by atoms with Gasteiger partial charge in [0.15, 0.2) is 0 Å². The summed E-state index contributed by atoms with van der Waals surface area (Å²) in [6, 6.07) is 10.0. The molecule has 0 fully saturated rings. The third-order valence-electron chi connectivity index (χ3n) is 5.37. The van der Waals surface area contributed by atoms with Gasteiger partial charge in [0.1, 0.15) is 5.58 Å². The molecular formula is C23H23BrN2O3. The lowest BCUT2D eigenvalue weighted by atomic mass is 10.0. The largest absolute Gasteiger partial charge is 0.464 e. The predicted molar refractivity (Wildman–Crippen MR) is 117 cm³/mol. The van der Waals surface area contributed by atoms with Crippen molar-refractivity contribution in [3.63, 3.8) is 0 Å². The van der Waals surface area contributed by atoms with Gasteiger partial charge < -0.3 is 15.1 Å². The maximum Gasteiger partial charge on any atom is 0.226 e. The fourth-order valence-electron chi connectivity index (χ4n) is 3.78. The van der Waals surface area contributed by atoms with E-state index in [-0.39, 0.29) is 24.7 Å². The molecule has 0 unspecified atom stereocenters. The molecule has 0 spiro atoms. The zero-order valence-electron chi connectivity index (χ0n) is 16.3. The van der Waals surface area contributed by atoms with Crippen molar-refractivity contribution < 1.29 is 14.0 Å². The molecule has 5 nitrogen and oxygen atoms in total. The second kappa shape index (κ2) is 8.41. The molecule has 0 bridgehead atoms. The van der Waals surface area contributed by atoms with Crippen molar-refractivity contribution in [1.82, 2.24) is 5.32 Å². The lowest BCUT2D eigenvalue weighted by molar-refractivity contribution is -0.120. The van der Waals surface area contributed by atoms with E-state index in [1.54, 1.807) is 6.26 Å². The molecule has 0 radical (unpaired) electrons. The molecule has 2 aromatic carbocycles. The molecule has 150 valence electrons. The van der Waals surface area contributed by atoms with Crippen LogP contribution in [-0.2, 0) is 28.9 Å². The summed E-state index contributed by atoms with van der Waals surface area (Å²) in [6.07, 6.45) is 5.51. The number of nitrogens with one attached hydrogen (secondary N) is 2. The molecule has 1 heterocycles.